The van der Waals surface area contributed by atoms with Gasteiger partial charge in [-0.1, -0.05) is 48.5 Å². The second kappa shape index (κ2) is 5.20. The minimum atomic E-state index is -0.792. The summed E-state index contributed by atoms with van der Waals surface area (Å²) < 4.78 is 5.15. The molecule has 23 heavy (non-hydrogen) atoms. The third-order valence-electron chi connectivity index (χ3n) is 4.57. The van der Waals surface area contributed by atoms with Crippen molar-refractivity contribution in [2.24, 2.45) is 0 Å². The standard InChI is InChI=1S/C20H16O3/c1-2-23-20(22)19-17(21)11-16-14-9-4-3-7-12(14)13-8-5-6-10-15(13)18(16)19/h3-10,19H,2,11H2,1H3. The van der Waals surface area contributed by atoms with Gasteiger partial charge in [-0.15, -0.1) is 0 Å². The Labute approximate surface area is 133 Å². The van der Waals surface area contributed by atoms with Crippen LogP contribution >= 0.6 is 0 Å². The van der Waals surface area contributed by atoms with Crippen LogP contribution in [0.3, 0.4) is 0 Å². The number of ether oxygens (including phenoxy) is 1. The Bertz CT molecular complexity index is 956. The van der Waals surface area contributed by atoms with E-state index in [0.717, 1.165) is 32.7 Å². The quantitative estimate of drug-likeness (QED) is 0.411. The van der Waals surface area contributed by atoms with E-state index in [-0.39, 0.29) is 12.4 Å². The maximum atomic E-state index is 12.5. The van der Waals surface area contributed by atoms with E-state index in [1.165, 1.54) is 0 Å². The molecule has 3 heteroatoms. The van der Waals surface area contributed by atoms with Crippen molar-refractivity contribution < 1.29 is 14.3 Å². The summed E-state index contributed by atoms with van der Waals surface area (Å²) in [6.45, 7) is 2.04. The minimum Gasteiger partial charge on any atom is -0.465 e. The van der Waals surface area contributed by atoms with Crippen LogP contribution in [0.4, 0.5) is 0 Å². The Morgan fingerprint density at radius 1 is 1.00 bits per heavy atom. The average molecular weight is 304 g/mol. The average Bonchev–Trinajstić information content (AvgIpc) is 2.93. The molecule has 0 saturated heterocycles. The number of fused-ring (bicyclic) bond motifs is 6. The van der Waals surface area contributed by atoms with Gasteiger partial charge in [-0.25, -0.2) is 0 Å². The molecular formula is C20H16O3. The van der Waals surface area contributed by atoms with E-state index in [1.807, 2.05) is 42.5 Å². The fraction of sp³-hybridized carbons (Fsp3) is 0.200. The molecule has 0 amide bonds. The number of hydrogen-bond acceptors (Lipinski definition) is 3. The summed E-state index contributed by atoms with van der Waals surface area (Å²) in [5, 5.41) is 4.23. The molecule has 1 atom stereocenters. The number of rotatable bonds is 2. The first-order valence-electron chi connectivity index (χ1n) is 7.84. The Morgan fingerprint density at radius 2 is 1.57 bits per heavy atom. The van der Waals surface area contributed by atoms with Crippen LogP contribution in [0.1, 0.15) is 24.0 Å². The number of ketones is 1. The molecule has 0 bridgehead atoms. The lowest BCUT2D eigenvalue weighted by Gasteiger charge is -2.14. The van der Waals surface area contributed by atoms with Gasteiger partial charge in [0.05, 0.1) is 6.61 Å². The van der Waals surface area contributed by atoms with Crippen molar-refractivity contribution in [3.05, 3.63) is 59.7 Å². The maximum Gasteiger partial charge on any atom is 0.321 e. The van der Waals surface area contributed by atoms with Crippen molar-refractivity contribution in [2.75, 3.05) is 6.61 Å². The van der Waals surface area contributed by atoms with Gasteiger partial charge < -0.3 is 4.74 Å². The number of hydrogen-bond donors (Lipinski definition) is 0. The Balaban J connectivity index is 2.11. The number of Topliss-reactive ketones (excluding diaryl/α,β-unsaturated/α-hetero) is 1. The van der Waals surface area contributed by atoms with Gasteiger partial charge in [0, 0.05) is 6.42 Å². The van der Waals surface area contributed by atoms with E-state index in [4.69, 9.17) is 4.74 Å². The molecule has 4 rings (SSSR count). The predicted molar refractivity (Wildman–Crippen MR) is 89.5 cm³/mol. The minimum absolute atomic E-state index is 0.0695. The number of esters is 1. The first-order valence-corrected chi connectivity index (χ1v) is 7.84. The second-order valence-corrected chi connectivity index (χ2v) is 5.81. The first kappa shape index (κ1) is 13.9. The second-order valence-electron chi connectivity index (χ2n) is 5.81. The molecule has 0 spiro atoms. The molecule has 0 fully saturated rings. The van der Waals surface area contributed by atoms with Gasteiger partial charge in [0.2, 0.25) is 0 Å². The van der Waals surface area contributed by atoms with E-state index in [9.17, 15) is 9.59 Å². The van der Waals surface area contributed by atoms with E-state index in [0.29, 0.717) is 6.42 Å². The van der Waals surface area contributed by atoms with Crippen molar-refractivity contribution in [1.82, 2.24) is 0 Å². The van der Waals surface area contributed by atoms with Crippen molar-refractivity contribution in [2.45, 2.75) is 19.3 Å². The van der Waals surface area contributed by atoms with Crippen LogP contribution in [0, 0.1) is 0 Å². The van der Waals surface area contributed by atoms with Gasteiger partial charge in [0.15, 0.2) is 5.78 Å². The lowest BCUT2D eigenvalue weighted by molar-refractivity contribution is -0.147. The molecule has 1 aliphatic rings. The Hall–Kier alpha value is -2.68. The number of benzene rings is 3. The maximum absolute atomic E-state index is 12.5. The van der Waals surface area contributed by atoms with E-state index >= 15 is 0 Å². The zero-order valence-electron chi connectivity index (χ0n) is 12.8. The molecule has 0 aromatic heterocycles. The van der Waals surface area contributed by atoms with Crippen LogP contribution < -0.4 is 0 Å². The summed E-state index contributed by atoms with van der Waals surface area (Å²) in [5.74, 6) is -1.30. The molecule has 114 valence electrons. The monoisotopic (exact) mass is 304 g/mol. The molecular weight excluding hydrogens is 288 g/mol. The molecule has 0 radical (unpaired) electrons. The fourth-order valence-electron chi connectivity index (χ4n) is 3.67. The zero-order chi connectivity index (χ0) is 16.0. The highest BCUT2D eigenvalue weighted by Gasteiger charge is 2.39. The van der Waals surface area contributed by atoms with Crippen LogP contribution in [-0.4, -0.2) is 18.4 Å². The highest BCUT2D eigenvalue weighted by atomic mass is 16.5. The summed E-state index contributed by atoms with van der Waals surface area (Å²) in [7, 11) is 0. The smallest absolute Gasteiger partial charge is 0.321 e. The SMILES string of the molecule is CCOC(=O)C1C(=O)Cc2c1c1ccccc1c1ccccc21. The molecule has 0 heterocycles. The van der Waals surface area contributed by atoms with Crippen molar-refractivity contribution in [3.8, 4) is 0 Å². The lowest BCUT2D eigenvalue weighted by Crippen LogP contribution is -2.20. The van der Waals surface area contributed by atoms with E-state index < -0.39 is 11.9 Å². The van der Waals surface area contributed by atoms with Crippen molar-refractivity contribution in [1.29, 1.82) is 0 Å². The topological polar surface area (TPSA) is 43.4 Å². The molecule has 3 nitrogen and oxygen atoms in total. The van der Waals surface area contributed by atoms with Crippen LogP contribution in [-0.2, 0) is 20.7 Å². The van der Waals surface area contributed by atoms with Gasteiger partial charge in [-0.3, -0.25) is 9.59 Å². The summed E-state index contributed by atoms with van der Waals surface area (Å²) in [4.78, 5) is 24.9. The Kier molecular flexibility index (Phi) is 3.15. The van der Waals surface area contributed by atoms with Crippen LogP contribution in [0.2, 0.25) is 0 Å². The highest BCUT2D eigenvalue weighted by molar-refractivity contribution is 6.19. The molecule has 3 aromatic carbocycles. The summed E-state index contributed by atoms with van der Waals surface area (Å²) in [6, 6.07) is 16.0. The van der Waals surface area contributed by atoms with E-state index in [2.05, 4.69) is 6.07 Å². The molecule has 1 aliphatic carbocycles. The predicted octanol–water partition coefficient (Wildman–Crippen LogP) is 3.76. The van der Waals surface area contributed by atoms with Gasteiger partial charge in [0.25, 0.3) is 0 Å². The van der Waals surface area contributed by atoms with Gasteiger partial charge in [-0.2, -0.15) is 0 Å². The van der Waals surface area contributed by atoms with Crippen LogP contribution in [0.25, 0.3) is 21.5 Å². The first-order chi connectivity index (χ1) is 11.2. The largest absolute Gasteiger partial charge is 0.465 e. The number of carbonyl (C=O) groups excluding carboxylic acids is 2. The molecule has 0 N–H and O–H groups in total. The summed E-state index contributed by atoms with van der Waals surface area (Å²) in [6.07, 6.45) is 0.296. The highest BCUT2D eigenvalue weighted by Crippen LogP contribution is 2.42. The lowest BCUT2D eigenvalue weighted by atomic mass is 9.90. The summed E-state index contributed by atoms with van der Waals surface area (Å²) >= 11 is 0. The normalized spacial score (nSPS) is 16.7. The van der Waals surface area contributed by atoms with E-state index in [1.54, 1.807) is 6.92 Å². The summed E-state index contributed by atoms with van der Waals surface area (Å²) in [5.41, 5.74) is 1.81. The third-order valence-corrected chi connectivity index (χ3v) is 4.57. The van der Waals surface area contributed by atoms with Crippen molar-refractivity contribution >= 4 is 33.3 Å². The number of carbonyl (C=O) groups is 2. The molecule has 1 unspecified atom stereocenters. The van der Waals surface area contributed by atoms with Crippen molar-refractivity contribution in [3.63, 3.8) is 0 Å². The zero-order valence-corrected chi connectivity index (χ0v) is 12.8. The molecule has 3 aromatic rings. The van der Waals surface area contributed by atoms with Crippen LogP contribution in [0.15, 0.2) is 48.5 Å². The Morgan fingerprint density at radius 3 is 2.22 bits per heavy atom. The van der Waals surface area contributed by atoms with Gasteiger partial charge >= 0.3 is 5.97 Å². The third kappa shape index (κ3) is 1.96. The fourth-order valence-corrected chi connectivity index (χ4v) is 3.67. The van der Waals surface area contributed by atoms with Gasteiger partial charge in [0.1, 0.15) is 5.92 Å². The van der Waals surface area contributed by atoms with Crippen LogP contribution in [0.5, 0.6) is 0 Å². The van der Waals surface area contributed by atoms with Gasteiger partial charge in [-0.05, 0) is 39.6 Å². The molecule has 0 saturated carbocycles. The molecule has 0 aliphatic heterocycles.